The van der Waals surface area contributed by atoms with E-state index in [4.69, 9.17) is 0 Å². The fourth-order valence-corrected chi connectivity index (χ4v) is 4.26. The summed E-state index contributed by atoms with van der Waals surface area (Å²) >= 11 is 0. The number of likely N-dealkylation sites (N-methyl/N-ethyl adjacent to an activating group) is 1. The number of carbonyl (C=O) groups is 3. The predicted octanol–water partition coefficient (Wildman–Crippen LogP) is 2.16. The zero-order valence-corrected chi connectivity index (χ0v) is 17.4. The quantitative estimate of drug-likeness (QED) is 0.687. The average Bonchev–Trinajstić information content (AvgIpc) is 3.00. The fraction of sp³-hybridized carbons (Fsp3) is 0.435. The summed E-state index contributed by atoms with van der Waals surface area (Å²) < 4.78 is 0. The molecule has 7 heteroatoms. The van der Waals surface area contributed by atoms with Gasteiger partial charge in [0, 0.05) is 52.7 Å². The van der Waals surface area contributed by atoms with Crippen molar-refractivity contribution in [1.29, 1.82) is 0 Å². The van der Waals surface area contributed by atoms with E-state index in [1.54, 1.807) is 7.05 Å². The lowest BCUT2D eigenvalue weighted by Gasteiger charge is -2.35. The van der Waals surface area contributed by atoms with Crippen molar-refractivity contribution in [3.63, 3.8) is 0 Å². The molecular formula is C23H28N4O3. The topological polar surface area (TPSA) is 64.2 Å². The van der Waals surface area contributed by atoms with Crippen molar-refractivity contribution >= 4 is 28.6 Å². The average molecular weight is 409 g/mol. The molecule has 0 bridgehead atoms. The monoisotopic (exact) mass is 408 g/mol. The van der Waals surface area contributed by atoms with E-state index < -0.39 is 0 Å². The first-order valence-corrected chi connectivity index (χ1v) is 10.5. The summed E-state index contributed by atoms with van der Waals surface area (Å²) in [6.07, 6.45) is 0.879. The van der Waals surface area contributed by atoms with E-state index in [9.17, 15) is 14.4 Å². The van der Waals surface area contributed by atoms with E-state index >= 15 is 0 Å². The molecule has 4 amide bonds. The minimum absolute atomic E-state index is 0.104. The molecule has 0 aromatic heterocycles. The molecule has 0 unspecified atom stereocenters. The number of urea groups is 1. The zero-order chi connectivity index (χ0) is 21.1. The van der Waals surface area contributed by atoms with Gasteiger partial charge in [0.25, 0.3) is 0 Å². The van der Waals surface area contributed by atoms with Gasteiger partial charge in [-0.05, 0) is 22.8 Å². The van der Waals surface area contributed by atoms with Crippen LogP contribution in [0.4, 0.5) is 4.79 Å². The second-order valence-electron chi connectivity index (χ2n) is 8.08. The summed E-state index contributed by atoms with van der Waals surface area (Å²) in [7, 11) is 1.61. The molecule has 2 fully saturated rings. The number of hydrogen-bond donors (Lipinski definition) is 0. The van der Waals surface area contributed by atoms with Gasteiger partial charge in [0.2, 0.25) is 11.8 Å². The molecular weight excluding hydrogens is 380 g/mol. The maximum Gasteiger partial charge on any atom is 0.326 e. The van der Waals surface area contributed by atoms with Gasteiger partial charge in [-0.25, -0.2) is 4.79 Å². The summed E-state index contributed by atoms with van der Waals surface area (Å²) in [6.45, 7) is 4.46. The number of fused-ring (bicyclic) bond motifs is 1. The SMILES string of the molecule is CN1CC(=O)N(CCCC(=O)N2CCN(Cc3cccc4ccccc34)CC2)C1=O. The summed E-state index contributed by atoms with van der Waals surface area (Å²) in [4.78, 5) is 43.2. The Hall–Kier alpha value is -2.93. The number of piperazine rings is 1. The molecule has 2 aromatic rings. The lowest BCUT2D eigenvalue weighted by atomic mass is 10.0. The van der Waals surface area contributed by atoms with Crippen molar-refractivity contribution in [2.24, 2.45) is 0 Å². The Kier molecular flexibility index (Phi) is 5.99. The maximum atomic E-state index is 12.5. The number of nitrogens with zero attached hydrogens (tertiary/aromatic N) is 4. The van der Waals surface area contributed by atoms with Crippen LogP contribution in [0.2, 0.25) is 0 Å². The van der Waals surface area contributed by atoms with E-state index in [0.717, 1.165) is 19.6 Å². The minimum Gasteiger partial charge on any atom is -0.340 e. The molecule has 0 aliphatic carbocycles. The lowest BCUT2D eigenvalue weighted by Crippen LogP contribution is -2.48. The summed E-state index contributed by atoms with van der Waals surface area (Å²) in [5.74, 6) is -0.0794. The second kappa shape index (κ2) is 8.83. The van der Waals surface area contributed by atoms with Crippen molar-refractivity contribution in [2.45, 2.75) is 19.4 Å². The largest absolute Gasteiger partial charge is 0.340 e. The molecule has 4 rings (SSSR count). The molecule has 0 radical (unpaired) electrons. The van der Waals surface area contributed by atoms with Gasteiger partial charge in [0.05, 0.1) is 0 Å². The molecule has 2 aliphatic rings. The number of rotatable bonds is 6. The van der Waals surface area contributed by atoms with Crippen molar-refractivity contribution in [3.05, 3.63) is 48.0 Å². The Bertz CT molecular complexity index is 947. The van der Waals surface area contributed by atoms with E-state index in [1.165, 1.54) is 26.1 Å². The Labute approximate surface area is 176 Å². The molecule has 30 heavy (non-hydrogen) atoms. The number of benzene rings is 2. The Morgan fingerprint density at radius 1 is 0.967 bits per heavy atom. The smallest absolute Gasteiger partial charge is 0.326 e. The highest BCUT2D eigenvalue weighted by Crippen LogP contribution is 2.20. The molecule has 158 valence electrons. The van der Waals surface area contributed by atoms with Gasteiger partial charge in [-0.15, -0.1) is 0 Å². The molecule has 2 saturated heterocycles. The molecule has 2 heterocycles. The molecule has 0 saturated carbocycles. The van der Waals surface area contributed by atoms with E-state index in [0.29, 0.717) is 32.5 Å². The van der Waals surface area contributed by atoms with Gasteiger partial charge >= 0.3 is 6.03 Å². The first kappa shape index (κ1) is 20.3. The molecule has 0 spiro atoms. The van der Waals surface area contributed by atoms with Crippen LogP contribution in [0, 0.1) is 0 Å². The van der Waals surface area contributed by atoms with Crippen LogP contribution in [0.25, 0.3) is 10.8 Å². The van der Waals surface area contributed by atoms with Crippen LogP contribution in [-0.2, 0) is 16.1 Å². The fourth-order valence-electron chi connectivity index (χ4n) is 4.26. The maximum absolute atomic E-state index is 12.5. The zero-order valence-electron chi connectivity index (χ0n) is 17.4. The van der Waals surface area contributed by atoms with Gasteiger partial charge in [0.1, 0.15) is 6.54 Å². The van der Waals surface area contributed by atoms with Crippen LogP contribution in [0.1, 0.15) is 18.4 Å². The van der Waals surface area contributed by atoms with Gasteiger partial charge in [-0.2, -0.15) is 0 Å². The minimum atomic E-state index is -0.269. The highest BCUT2D eigenvalue weighted by molar-refractivity contribution is 6.01. The van der Waals surface area contributed by atoms with Crippen molar-refractivity contribution in [2.75, 3.05) is 46.3 Å². The van der Waals surface area contributed by atoms with Crippen molar-refractivity contribution in [3.8, 4) is 0 Å². The number of carbonyl (C=O) groups excluding carboxylic acids is 3. The normalized spacial score (nSPS) is 18.0. The summed E-state index contributed by atoms with van der Waals surface area (Å²) in [6, 6.07) is 14.6. The Morgan fingerprint density at radius 3 is 2.43 bits per heavy atom. The predicted molar refractivity (Wildman–Crippen MR) is 115 cm³/mol. The van der Waals surface area contributed by atoms with Crippen molar-refractivity contribution in [1.82, 2.24) is 19.6 Å². The molecule has 2 aliphatic heterocycles. The lowest BCUT2D eigenvalue weighted by molar-refractivity contribution is -0.133. The van der Waals surface area contributed by atoms with E-state index in [-0.39, 0.29) is 24.4 Å². The second-order valence-corrected chi connectivity index (χ2v) is 8.08. The molecule has 2 aromatic carbocycles. The standard InChI is InChI=1S/C23H28N4O3/c1-24-17-22(29)27(23(24)30)11-5-10-21(28)26-14-12-25(13-15-26)16-19-8-4-7-18-6-2-3-9-20(18)19/h2-4,6-9H,5,10-17H2,1H3. The summed E-state index contributed by atoms with van der Waals surface area (Å²) in [5, 5.41) is 2.54. The van der Waals surface area contributed by atoms with Crippen molar-refractivity contribution < 1.29 is 14.4 Å². The third kappa shape index (κ3) is 4.31. The van der Waals surface area contributed by atoms with Gasteiger partial charge in [-0.3, -0.25) is 19.4 Å². The number of imide groups is 1. The molecule has 7 nitrogen and oxygen atoms in total. The van der Waals surface area contributed by atoms with Gasteiger partial charge < -0.3 is 9.80 Å². The van der Waals surface area contributed by atoms with Gasteiger partial charge in [0.15, 0.2) is 0 Å². The highest BCUT2D eigenvalue weighted by Gasteiger charge is 2.33. The van der Waals surface area contributed by atoms with Gasteiger partial charge in [-0.1, -0.05) is 42.5 Å². The van der Waals surface area contributed by atoms with Crippen LogP contribution in [-0.4, -0.2) is 83.8 Å². The Morgan fingerprint density at radius 2 is 1.70 bits per heavy atom. The molecule has 0 N–H and O–H groups in total. The van der Waals surface area contributed by atoms with Crippen LogP contribution < -0.4 is 0 Å². The third-order valence-corrected chi connectivity index (χ3v) is 6.00. The highest BCUT2D eigenvalue weighted by atomic mass is 16.2. The van der Waals surface area contributed by atoms with E-state index in [1.807, 2.05) is 4.90 Å². The summed E-state index contributed by atoms with van der Waals surface area (Å²) in [5.41, 5.74) is 1.32. The van der Waals surface area contributed by atoms with Crippen LogP contribution in [0.5, 0.6) is 0 Å². The number of hydrogen-bond acceptors (Lipinski definition) is 4. The van der Waals surface area contributed by atoms with Crippen LogP contribution in [0.15, 0.2) is 42.5 Å². The van der Waals surface area contributed by atoms with E-state index in [2.05, 4.69) is 47.4 Å². The van der Waals surface area contributed by atoms with Crippen LogP contribution in [0.3, 0.4) is 0 Å². The Balaban J connectivity index is 1.24. The first-order valence-electron chi connectivity index (χ1n) is 10.5. The third-order valence-electron chi connectivity index (χ3n) is 6.00. The molecule has 0 atom stereocenters. The first-order chi connectivity index (χ1) is 14.5. The van der Waals surface area contributed by atoms with Crippen LogP contribution >= 0.6 is 0 Å². The number of amides is 4.